The number of nitrogens with zero attached hydrogens (tertiary/aromatic N) is 1. The standard InChI is InChI=1S/C9H21N3O/c1-4-11-9(13)8-12(5-2)7-6-10-3/h10H,4-8H2,1-3H3,(H,11,13). The summed E-state index contributed by atoms with van der Waals surface area (Å²) in [7, 11) is 1.92. The van der Waals surface area contributed by atoms with Crippen LogP contribution in [-0.4, -0.2) is 50.6 Å². The molecule has 4 nitrogen and oxygen atoms in total. The van der Waals surface area contributed by atoms with Gasteiger partial charge in [-0.2, -0.15) is 0 Å². The Kier molecular flexibility index (Phi) is 7.63. The van der Waals surface area contributed by atoms with E-state index in [0.717, 1.165) is 19.6 Å². The van der Waals surface area contributed by atoms with Crippen LogP contribution in [0, 0.1) is 0 Å². The first kappa shape index (κ1) is 12.4. The maximum absolute atomic E-state index is 11.2. The van der Waals surface area contributed by atoms with E-state index in [1.54, 1.807) is 0 Å². The molecule has 0 rings (SSSR count). The first-order valence-electron chi connectivity index (χ1n) is 4.88. The van der Waals surface area contributed by atoms with E-state index in [9.17, 15) is 4.79 Å². The fourth-order valence-electron chi connectivity index (χ4n) is 1.08. The van der Waals surface area contributed by atoms with Crippen LogP contribution in [0.2, 0.25) is 0 Å². The highest BCUT2D eigenvalue weighted by atomic mass is 16.2. The maximum atomic E-state index is 11.2. The normalized spacial score (nSPS) is 10.5. The van der Waals surface area contributed by atoms with Crippen molar-refractivity contribution in [3.8, 4) is 0 Å². The fourth-order valence-corrected chi connectivity index (χ4v) is 1.08. The lowest BCUT2D eigenvalue weighted by Gasteiger charge is -2.19. The maximum Gasteiger partial charge on any atom is 0.234 e. The molecule has 0 aromatic rings. The highest BCUT2D eigenvalue weighted by molar-refractivity contribution is 5.77. The van der Waals surface area contributed by atoms with Crippen LogP contribution < -0.4 is 10.6 Å². The molecule has 0 aromatic heterocycles. The quantitative estimate of drug-likeness (QED) is 0.573. The summed E-state index contributed by atoms with van der Waals surface area (Å²) in [5.74, 6) is 0.112. The average Bonchev–Trinajstić information content (AvgIpc) is 2.12. The van der Waals surface area contributed by atoms with E-state index >= 15 is 0 Å². The van der Waals surface area contributed by atoms with E-state index in [1.165, 1.54) is 0 Å². The topological polar surface area (TPSA) is 44.4 Å². The van der Waals surface area contributed by atoms with Gasteiger partial charge in [-0.3, -0.25) is 9.69 Å². The van der Waals surface area contributed by atoms with Gasteiger partial charge in [-0.25, -0.2) is 0 Å². The minimum absolute atomic E-state index is 0.112. The summed E-state index contributed by atoms with van der Waals surface area (Å²) in [6, 6.07) is 0. The van der Waals surface area contributed by atoms with E-state index in [0.29, 0.717) is 13.1 Å². The molecule has 78 valence electrons. The summed E-state index contributed by atoms with van der Waals surface area (Å²) in [6.45, 7) is 7.97. The van der Waals surface area contributed by atoms with E-state index in [-0.39, 0.29) is 5.91 Å². The van der Waals surface area contributed by atoms with Crippen molar-refractivity contribution in [3.05, 3.63) is 0 Å². The van der Waals surface area contributed by atoms with Crippen LogP contribution in [-0.2, 0) is 4.79 Å². The third-order valence-electron chi connectivity index (χ3n) is 1.87. The Labute approximate surface area is 80.7 Å². The highest BCUT2D eigenvalue weighted by Crippen LogP contribution is 1.85. The van der Waals surface area contributed by atoms with Gasteiger partial charge < -0.3 is 10.6 Å². The van der Waals surface area contributed by atoms with Crippen LogP contribution in [0.15, 0.2) is 0 Å². The first-order chi connectivity index (χ1) is 6.24. The lowest BCUT2D eigenvalue weighted by Crippen LogP contribution is -2.39. The Bertz CT molecular complexity index is 139. The van der Waals surface area contributed by atoms with E-state index in [1.807, 2.05) is 14.0 Å². The molecule has 1 amide bonds. The van der Waals surface area contributed by atoms with Gasteiger partial charge >= 0.3 is 0 Å². The van der Waals surface area contributed by atoms with E-state index in [4.69, 9.17) is 0 Å². The van der Waals surface area contributed by atoms with Crippen molar-refractivity contribution >= 4 is 5.91 Å². The van der Waals surface area contributed by atoms with Gasteiger partial charge in [0.15, 0.2) is 0 Å². The Morgan fingerprint density at radius 3 is 2.54 bits per heavy atom. The van der Waals surface area contributed by atoms with Crippen LogP contribution >= 0.6 is 0 Å². The van der Waals surface area contributed by atoms with Gasteiger partial charge in [-0.15, -0.1) is 0 Å². The number of likely N-dealkylation sites (N-methyl/N-ethyl adjacent to an activating group) is 3. The number of hydrogen-bond acceptors (Lipinski definition) is 3. The van der Waals surface area contributed by atoms with Gasteiger partial charge in [0, 0.05) is 19.6 Å². The molecule has 0 radical (unpaired) electrons. The van der Waals surface area contributed by atoms with Crippen LogP contribution in [0.1, 0.15) is 13.8 Å². The summed E-state index contributed by atoms with van der Waals surface area (Å²) < 4.78 is 0. The molecule has 0 aliphatic carbocycles. The van der Waals surface area contributed by atoms with Crippen molar-refractivity contribution < 1.29 is 4.79 Å². The third kappa shape index (κ3) is 6.54. The van der Waals surface area contributed by atoms with E-state index in [2.05, 4.69) is 22.5 Å². The second-order valence-electron chi connectivity index (χ2n) is 2.93. The fraction of sp³-hybridized carbons (Fsp3) is 0.889. The SMILES string of the molecule is CCNC(=O)CN(CC)CCNC. The summed E-state index contributed by atoms with van der Waals surface area (Å²) in [5, 5.41) is 5.85. The molecule has 0 aliphatic heterocycles. The smallest absolute Gasteiger partial charge is 0.234 e. The zero-order chi connectivity index (χ0) is 10.1. The number of carbonyl (C=O) groups excluding carboxylic acids is 1. The summed E-state index contributed by atoms with van der Waals surface area (Å²) in [6.07, 6.45) is 0. The van der Waals surface area contributed by atoms with E-state index < -0.39 is 0 Å². The zero-order valence-corrected chi connectivity index (χ0v) is 8.89. The molecule has 0 saturated carbocycles. The van der Waals surface area contributed by atoms with Crippen molar-refractivity contribution in [2.45, 2.75) is 13.8 Å². The van der Waals surface area contributed by atoms with Crippen LogP contribution in [0.5, 0.6) is 0 Å². The molecule has 2 N–H and O–H groups in total. The molecular formula is C9H21N3O. The predicted octanol–water partition coefficient (Wildman–Crippen LogP) is -0.336. The molecule has 0 bridgehead atoms. The number of rotatable bonds is 7. The molecule has 0 aromatic carbocycles. The lowest BCUT2D eigenvalue weighted by atomic mass is 10.4. The monoisotopic (exact) mass is 187 g/mol. The van der Waals surface area contributed by atoms with Gasteiger partial charge in [-0.1, -0.05) is 6.92 Å². The molecule has 13 heavy (non-hydrogen) atoms. The zero-order valence-electron chi connectivity index (χ0n) is 8.89. The highest BCUT2D eigenvalue weighted by Gasteiger charge is 2.06. The molecule has 0 fully saturated rings. The number of nitrogens with one attached hydrogen (secondary N) is 2. The minimum Gasteiger partial charge on any atom is -0.355 e. The summed E-state index contributed by atoms with van der Waals surface area (Å²) in [5.41, 5.74) is 0. The molecule has 0 heterocycles. The Balaban J connectivity index is 3.62. The number of hydrogen-bond donors (Lipinski definition) is 2. The Hall–Kier alpha value is -0.610. The second-order valence-corrected chi connectivity index (χ2v) is 2.93. The van der Waals surface area contributed by atoms with Crippen molar-refractivity contribution in [1.29, 1.82) is 0 Å². The lowest BCUT2D eigenvalue weighted by molar-refractivity contribution is -0.122. The summed E-state index contributed by atoms with van der Waals surface area (Å²) in [4.78, 5) is 13.3. The van der Waals surface area contributed by atoms with Crippen LogP contribution in [0.25, 0.3) is 0 Å². The second kappa shape index (κ2) is 8.01. The minimum atomic E-state index is 0.112. The van der Waals surface area contributed by atoms with Crippen molar-refractivity contribution in [3.63, 3.8) is 0 Å². The Morgan fingerprint density at radius 1 is 1.38 bits per heavy atom. The molecule has 0 spiro atoms. The molecule has 0 unspecified atom stereocenters. The van der Waals surface area contributed by atoms with Crippen LogP contribution in [0.4, 0.5) is 0 Å². The summed E-state index contributed by atoms with van der Waals surface area (Å²) >= 11 is 0. The number of amides is 1. The third-order valence-corrected chi connectivity index (χ3v) is 1.87. The van der Waals surface area contributed by atoms with Gasteiger partial charge in [-0.05, 0) is 20.5 Å². The molecule has 0 aliphatic rings. The molecule has 4 heteroatoms. The van der Waals surface area contributed by atoms with Gasteiger partial charge in [0.25, 0.3) is 0 Å². The first-order valence-corrected chi connectivity index (χ1v) is 4.88. The predicted molar refractivity (Wildman–Crippen MR) is 54.7 cm³/mol. The number of carbonyl (C=O) groups is 1. The van der Waals surface area contributed by atoms with Crippen molar-refractivity contribution in [2.24, 2.45) is 0 Å². The Morgan fingerprint density at radius 2 is 2.08 bits per heavy atom. The van der Waals surface area contributed by atoms with Gasteiger partial charge in [0.05, 0.1) is 6.54 Å². The van der Waals surface area contributed by atoms with Crippen molar-refractivity contribution in [1.82, 2.24) is 15.5 Å². The molecular weight excluding hydrogens is 166 g/mol. The molecule has 0 atom stereocenters. The van der Waals surface area contributed by atoms with Gasteiger partial charge in [0.2, 0.25) is 5.91 Å². The van der Waals surface area contributed by atoms with Crippen LogP contribution in [0.3, 0.4) is 0 Å². The van der Waals surface area contributed by atoms with Crippen molar-refractivity contribution in [2.75, 3.05) is 39.8 Å². The van der Waals surface area contributed by atoms with Gasteiger partial charge in [0.1, 0.15) is 0 Å². The molecule has 0 saturated heterocycles. The average molecular weight is 187 g/mol. The largest absolute Gasteiger partial charge is 0.355 e.